The second kappa shape index (κ2) is 5.71. The number of piperazine rings is 2. The monoisotopic (exact) mass is 291 g/mol. The number of hydrogen-bond donors (Lipinski definition) is 1. The van der Waals surface area contributed by atoms with Crippen LogP contribution in [-0.2, 0) is 12.0 Å². The van der Waals surface area contributed by atoms with Crippen molar-refractivity contribution < 1.29 is 0 Å². The van der Waals surface area contributed by atoms with Gasteiger partial charge < -0.3 is 4.90 Å². The van der Waals surface area contributed by atoms with Crippen molar-refractivity contribution in [1.29, 1.82) is 0 Å². The third kappa shape index (κ3) is 3.47. The number of nitrogens with zero attached hydrogens (tertiary/aromatic N) is 4. The van der Waals surface area contributed by atoms with E-state index in [4.69, 9.17) is 0 Å². The molecular weight excluding hydrogens is 262 g/mol. The van der Waals surface area contributed by atoms with Crippen molar-refractivity contribution >= 4 is 0 Å². The Bertz CT molecular complexity index is 475. The average molecular weight is 291 g/mol. The van der Waals surface area contributed by atoms with Crippen LogP contribution in [0, 0.1) is 0 Å². The molecule has 2 saturated heterocycles. The number of fused-ring (bicyclic) bond motifs is 1. The Balaban J connectivity index is 1.60. The van der Waals surface area contributed by atoms with Gasteiger partial charge in [-0.2, -0.15) is 5.10 Å². The Morgan fingerprint density at radius 1 is 1.19 bits per heavy atom. The van der Waals surface area contributed by atoms with Crippen LogP contribution in [0.5, 0.6) is 0 Å². The Morgan fingerprint density at radius 2 is 1.95 bits per heavy atom. The van der Waals surface area contributed by atoms with Gasteiger partial charge in [-0.15, -0.1) is 0 Å². The lowest BCUT2D eigenvalue weighted by Gasteiger charge is -2.46. The van der Waals surface area contributed by atoms with Crippen LogP contribution in [0.15, 0.2) is 6.07 Å². The van der Waals surface area contributed by atoms with Crippen LogP contribution in [0.25, 0.3) is 0 Å². The summed E-state index contributed by atoms with van der Waals surface area (Å²) < 4.78 is 0. The van der Waals surface area contributed by atoms with Crippen molar-refractivity contribution in [3.05, 3.63) is 17.5 Å². The highest BCUT2D eigenvalue weighted by molar-refractivity contribution is 5.16. The SMILES string of the molecule is CN1CCN2CCN(Cc3cc(C(C)(C)C)n[nH]3)C[C@@H]2C1. The average Bonchev–Trinajstić information content (AvgIpc) is 2.86. The first kappa shape index (κ1) is 15.0. The smallest absolute Gasteiger partial charge is 0.0678 e. The number of aromatic amines is 1. The first-order chi connectivity index (χ1) is 9.91. The highest BCUT2D eigenvalue weighted by atomic mass is 15.3. The van der Waals surface area contributed by atoms with E-state index in [9.17, 15) is 0 Å². The zero-order valence-corrected chi connectivity index (χ0v) is 13.9. The molecule has 0 radical (unpaired) electrons. The minimum absolute atomic E-state index is 0.125. The van der Waals surface area contributed by atoms with Crippen molar-refractivity contribution in [2.45, 2.75) is 38.8 Å². The number of likely N-dealkylation sites (N-methyl/N-ethyl adjacent to an activating group) is 1. The number of nitrogens with one attached hydrogen (secondary N) is 1. The summed E-state index contributed by atoms with van der Waals surface area (Å²) in [5.41, 5.74) is 2.53. The summed E-state index contributed by atoms with van der Waals surface area (Å²) in [5, 5.41) is 7.70. The Labute approximate surface area is 128 Å². The standard InChI is InChI=1S/C16H29N5/c1-16(2,3)15-9-13(17-18-15)10-20-6-8-21-7-5-19(4)11-14(21)12-20/h9,14H,5-8,10-12H2,1-4H3,(H,17,18)/t14-/m0/s1. The molecule has 2 aliphatic rings. The quantitative estimate of drug-likeness (QED) is 0.887. The second-order valence-electron chi connectivity index (χ2n) is 7.72. The summed E-state index contributed by atoms with van der Waals surface area (Å²) in [5.74, 6) is 0. The van der Waals surface area contributed by atoms with Gasteiger partial charge in [0.2, 0.25) is 0 Å². The molecule has 21 heavy (non-hydrogen) atoms. The first-order valence-corrected chi connectivity index (χ1v) is 8.11. The summed E-state index contributed by atoms with van der Waals surface area (Å²) in [6.45, 7) is 14.8. The van der Waals surface area contributed by atoms with Gasteiger partial charge in [-0.25, -0.2) is 0 Å². The van der Waals surface area contributed by atoms with E-state index in [0.717, 1.165) is 12.2 Å². The highest BCUT2D eigenvalue weighted by Crippen LogP contribution is 2.21. The number of H-pyrrole nitrogens is 1. The number of rotatable bonds is 2. The van der Waals surface area contributed by atoms with Crippen molar-refractivity contribution in [2.24, 2.45) is 0 Å². The summed E-state index contributed by atoms with van der Waals surface area (Å²) in [4.78, 5) is 7.68. The zero-order valence-electron chi connectivity index (χ0n) is 13.9. The molecule has 0 aromatic carbocycles. The maximum absolute atomic E-state index is 4.48. The van der Waals surface area contributed by atoms with Gasteiger partial charge in [0, 0.05) is 63.0 Å². The third-order valence-electron chi connectivity index (χ3n) is 4.77. The molecule has 118 valence electrons. The fraction of sp³-hybridized carbons (Fsp3) is 0.812. The van der Waals surface area contributed by atoms with Gasteiger partial charge in [0.1, 0.15) is 0 Å². The fourth-order valence-corrected chi connectivity index (χ4v) is 3.39. The van der Waals surface area contributed by atoms with Gasteiger partial charge >= 0.3 is 0 Å². The molecule has 3 heterocycles. The minimum atomic E-state index is 0.125. The lowest BCUT2D eigenvalue weighted by Crippen LogP contribution is -2.61. The largest absolute Gasteiger partial charge is 0.303 e. The zero-order chi connectivity index (χ0) is 15.0. The molecule has 5 heteroatoms. The van der Waals surface area contributed by atoms with Crippen LogP contribution < -0.4 is 0 Å². The van der Waals surface area contributed by atoms with E-state index in [0.29, 0.717) is 6.04 Å². The third-order valence-corrected chi connectivity index (χ3v) is 4.77. The van der Waals surface area contributed by atoms with Gasteiger partial charge in [-0.05, 0) is 13.1 Å². The molecule has 0 unspecified atom stereocenters. The molecule has 1 aromatic heterocycles. The summed E-state index contributed by atoms with van der Waals surface area (Å²) in [7, 11) is 2.24. The maximum atomic E-state index is 4.48. The van der Waals surface area contributed by atoms with Crippen LogP contribution in [0.3, 0.4) is 0 Å². The first-order valence-electron chi connectivity index (χ1n) is 8.11. The molecule has 2 fully saturated rings. The molecule has 2 aliphatic heterocycles. The predicted octanol–water partition coefficient (Wildman–Crippen LogP) is 1.14. The van der Waals surface area contributed by atoms with Crippen LogP contribution in [0.4, 0.5) is 0 Å². The summed E-state index contributed by atoms with van der Waals surface area (Å²) in [6.07, 6.45) is 0. The fourth-order valence-electron chi connectivity index (χ4n) is 3.39. The lowest BCUT2D eigenvalue weighted by molar-refractivity contribution is 0.0171. The van der Waals surface area contributed by atoms with Crippen LogP contribution in [-0.4, -0.2) is 77.3 Å². The van der Waals surface area contributed by atoms with E-state index in [1.807, 2.05) is 0 Å². The highest BCUT2D eigenvalue weighted by Gasteiger charge is 2.31. The molecule has 0 amide bonds. The molecule has 0 bridgehead atoms. The molecule has 0 aliphatic carbocycles. The maximum Gasteiger partial charge on any atom is 0.0678 e. The van der Waals surface area contributed by atoms with Crippen molar-refractivity contribution in [2.75, 3.05) is 46.3 Å². The Kier molecular flexibility index (Phi) is 4.08. The topological polar surface area (TPSA) is 38.4 Å². The Hall–Kier alpha value is -0.910. The minimum Gasteiger partial charge on any atom is -0.303 e. The van der Waals surface area contributed by atoms with Gasteiger partial charge in [-0.1, -0.05) is 20.8 Å². The molecule has 1 N–H and O–H groups in total. The normalized spacial score (nSPS) is 26.0. The number of aromatic nitrogens is 2. The van der Waals surface area contributed by atoms with E-state index in [2.05, 4.69) is 58.8 Å². The molecule has 0 spiro atoms. The molecule has 3 rings (SSSR count). The van der Waals surface area contributed by atoms with E-state index >= 15 is 0 Å². The van der Waals surface area contributed by atoms with Crippen LogP contribution >= 0.6 is 0 Å². The van der Waals surface area contributed by atoms with Crippen LogP contribution in [0.2, 0.25) is 0 Å². The second-order valence-corrected chi connectivity index (χ2v) is 7.72. The lowest BCUT2D eigenvalue weighted by atomic mass is 9.92. The van der Waals surface area contributed by atoms with E-state index in [-0.39, 0.29) is 5.41 Å². The predicted molar refractivity (Wildman–Crippen MR) is 85.4 cm³/mol. The van der Waals surface area contributed by atoms with Gasteiger partial charge in [0.15, 0.2) is 0 Å². The molecule has 1 aromatic rings. The van der Waals surface area contributed by atoms with Gasteiger partial charge in [0.25, 0.3) is 0 Å². The Morgan fingerprint density at radius 3 is 2.67 bits per heavy atom. The van der Waals surface area contributed by atoms with Gasteiger partial charge in [-0.3, -0.25) is 14.9 Å². The molecular formula is C16H29N5. The van der Waals surface area contributed by atoms with E-state index in [1.165, 1.54) is 45.0 Å². The van der Waals surface area contributed by atoms with Crippen molar-refractivity contribution in [3.63, 3.8) is 0 Å². The summed E-state index contributed by atoms with van der Waals surface area (Å²) >= 11 is 0. The van der Waals surface area contributed by atoms with E-state index < -0.39 is 0 Å². The number of hydrogen-bond acceptors (Lipinski definition) is 4. The molecule has 5 nitrogen and oxygen atoms in total. The van der Waals surface area contributed by atoms with Crippen molar-refractivity contribution in [1.82, 2.24) is 24.9 Å². The van der Waals surface area contributed by atoms with E-state index in [1.54, 1.807) is 0 Å². The van der Waals surface area contributed by atoms with Crippen molar-refractivity contribution in [3.8, 4) is 0 Å². The molecule has 0 saturated carbocycles. The van der Waals surface area contributed by atoms with Crippen LogP contribution in [0.1, 0.15) is 32.2 Å². The summed E-state index contributed by atoms with van der Waals surface area (Å²) in [6, 6.07) is 2.93. The van der Waals surface area contributed by atoms with Gasteiger partial charge in [0.05, 0.1) is 5.69 Å². The molecule has 1 atom stereocenters.